The van der Waals surface area contributed by atoms with Crippen LogP contribution in [0.3, 0.4) is 0 Å². The molecule has 0 saturated heterocycles. The van der Waals surface area contributed by atoms with Crippen LogP contribution >= 0.6 is 19.8 Å². The number of rotatable bonds is 1. The summed E-state index contributed by atoms with van der Waals surface area (Å²) in [7, 11) is 0. The van der Waals surface area contributed by atoms with Crippen molar-refractivity contribution in [3.8, 4) is 8.15 Å². The predicted molar refractivity (Wildman–Crippen MR) is 50.2 cm³/mol. The Bertz CT molecular complexity index is 488. The molecule has 84 valence electrons. The van der Waals surface area contributed by atoms with Gasteiger partial charge in [-0.25, -0.2) is 0 Å². The molecule has 0 aliphatic heterocycles. The minimum atomic E-state index is -3.68. The molecular formula is C8F5IN2. The van der Waals surface area contributed by atoms with Gasteiger partial charge in [-0.3, -0.25) is 0 Å². The van der Waals surface area contributed by atoms with Crippen LogP contribution in [0.15, 0.2) is 0 Å². The van der Waals surface area contributed by atoms with Crippen molar-refractivity contribution in [2.24, 2.45) is 0 Å². The van der Waals surface area contributed by atoms with E-state index in [-0.39, 0.29) is 0 Å². The third-order valence-corrected chi connectivity index (χ3v) is 4.50. The topological polar surface area (TPSA) is 47.6 Å². The molecule has 1 aromatic carbocycles. The van der Waals surface area contributed by atoms with Crippen molar-refractivity contribution >= 4 is 19.8 Å². The van der Waals surface area contributed by atoms with Crippen LogP contribution in [0.1, 0.15) is 0 Å². The van der Waals surface area contributed by atoms with Crippen LogP contribution in [0.2, 0.25) is 0 Å². The summed E-state index contributed by atoms with van der Waals surface area (Å²) in [4.78, 5) is 0. The summed E-state index contributed by atoms with van der Waals surface area (Å²) in [5.41, 5.74) is 0. The second kappa shape index (κ2) is 4.61. The second-order valence-electron chi connectivity index (χ2n) is 2.34. The van der Waals surface area contributed by atoms with Crippen LogP contribution < -0.4 is 0 Å². The van der Waals surface area contributed by atoms with Crippen molar-refractivity contribution in [1.29, 1.82) is 10.5 Å². The van der Waals surface area contributed by atoms with E-state index in [4.69, 9.17) is 10.5 Å². The van der Waals surface area contributed by atoms with Gasteiger partial charge in [-0.2, -0.15) is 0 Å². The zero-order valence-corrected chi connectivity index (χ0v) is 9.32. The van der Waals surface area contributed by atoms with Crippen molar-refractivity contribution in [3.05, 3.63) is 32.7 Å². The van der Waals surface area contributed by atoms with Gasteiger partial charge in [0.15, 0.2) is 0 Å². The van der Waals surface area contributed by atoms with Gasteiger partial charge < -0.3 is 0 Å². The van der Waals surface area contributed by atoms with Crippen molar-refractivity contribution in [2.75, 3.05) is 0 Å². The molecule has 8 heteroatoms. The molecule has 0 aliphatic rings. The number of hydrogen-bond donors (Lipinski definition) is 0. The first-order valence-corrected chi connectivity index (χ1v) is 6.70. The second-order valence-corrected chi connectivity index (χ2v) is 6.00. The fourth-order valence-corrected chi connectivity index (χ4v) is 2.86. The molecular weight excluding hydrogens is 346 g/mol. The summed E-state index contributed by atoms with van der Waals surface area (Å²) in [6.07, 6.45) is 0. The quantitative estimate of drug-likeness (QED) is 0.340. The van der Waals surface area contributed by atoms with Crippen molar-refractivity contribution in [3.63, 3.8) is 0 Å². The third-order valence-electron chi connectivity index (χ3n) is 1.51. The minimum absolute atomic E-state index is 1.27. The molecule has 0 aromatic heterocycles. The molecule has 16 heavy (non-hydrogen) atoms. The molecule has 0 aliphatic carbocycles. The van der Waals surface area contributed by atoms with Crippen LogP contribution in [0.25, 0.3) is 0 Å². The van der Waals surface area contributed by atoms with E-state index in [9.17, 15) is 22.0 Å². The Balaban J connectivity index is 3.67. The van der Waals surface area contributed by atoms with Crippen molar-refractivity contribution in [2.45, 2.75) is 0 Å². The van der Waals surface area contributed by atoms with Gasteiger partial charge in [0.25, 0.3) is 0 Å². The monoisotopic (exact) mass is 346 g/mol. The maximum atomic E-state index is 13.0. The molecule has 0 radical (unpaired) electrons. The molecule has 0 N–H and O–H groups in total. The summed E-state index contributed by atoms with van der Waals surface area (Å²) < 4.78 is 65.3. The van der Waals surface area contributed by atoms with Gasteiger partial charge in [-0.05, 0) is 0 Å². The summed E-state index contributed by atoms with van der Waals surface area (Å²) in [6, 6.07) is 0. The van der Waals surface area contributed by atoms with Crippen LogP contribution in [0.4, 0.5) is 22.0 Å². The van der Waals surface area contributed by atoms with Crippen LogP contribution in [0.5, 0.6) is 0 Å². The fourth-order valence-electron chi connectivity index (χ4n) is 0.847. The summed E-state index contributed by atoms with van der Waals surface area (Å²) in [5, 5.41) is 16.8. The summed E-state index contributed by atoms with van der Waals surface area (Å²) in [6.45, 7) is 0. The first-order chi connectivity index (χ1) is 7.45. The molecule has 1 rings (SSSR count). The Hall–Kier alpha value is -1.42. The number of hydrogen-bond acceptors (Lipinski definition) is 2. The third kappa shape index (κ3) is 1.80. The van der Waals surface area contributed by atoms with Gasteiger partial charge in [0.1, 0.15) is 0 Å². The molecule has 0 atom stereocenters. The van der Waals surface area contributed by atoms with E-state index < -0.39 is 52.5 Å². The molecule has 0 spiro atoms. The van der Waals surface area contributed by atoms with Crippen LogP contribution in [-0.4, -0.2) is 0 Å². The van der Waals surface area contributed by atoms with E-state index >= 15 is 0 Å². The van der Waals surface area contributed by atoms with Gasteiger partial charge in [-0.1, -0.05) is 0 Å². The Labute approximate surface area is 93.3 Å². The Morgan fingerprint density at radius 2 is 1.00 bits per heavy atom. The average Bonchev–Trinajstić information content (AvgIpc) is 2.29. The van der Waals surface area contributed by atoms with Crippen molar-refractivity contribution in [1.82, 2.24) is 0 Å². The Morgan fingerprint density at radius 3 is 1.31 bits per heavy atom. The van der Waals surface area contributed by atoms with Crippen molar-refractivity contribution < 1.29 is 22.0 Å². The zero-order chi connectivity index (χ0) is 12.5. The Kier molecular flexibility index (Phi) is 3.65. The average molecular weight is 346 g/mol. The maximum absolute atomic E-state index is 13.0. The van der Waals surface area contributed by atoms with Crippen LogP contribution in [-0.2, 0) is 0 Å². The van der Waals surface area contributed by atoms with Gasteiger partial charge in [0.05, 0.1) is 0 Å². The van der Waals surface area contributed by atoms with E-state index in [1.54, 1.807) is 0 Å². The van der Waals surface area contributed by atoms with E-state index in [1.807, 2.05) is 0 Å². The SMILES string of the molecule is N#CI(C#N)c1c(F)c(F)c(F)c(F)c1F. The number of halogens is 6. The van der Waals surface area contributed by atoms with Crippen LogP contribution in [0, 0.1) is 51.3 Å². The first-order valence-electron chi connectivity index (χ1n) is 3.46. The van der Waals surface area contributed by atoms with E-state index in [1.165, 1.54) is 8.15 Å². The number of nitriles is 2. The number of benzene rings is 1. The molecule has 2 nitrogen and oxygen atoms in total. The molecule has 0 amide bonds. The predicted octanol–water partition coefficient (Wildman–Crippen LogP) is 3.02. The molecule has 0 fully saturated rings. The molecule has 1 aromatic rings. The Morgan fingerprint density at radius 1 is 0.688 bits per heavy atom. The van der Waals surface area contributed by atoms with Gasteiger partial charge in [0, 0.05) is 0 Å². The fraction of sp³-hybridized carbons (Fsp3) is 0. The standard InChI is InChI=1S/C8F5IN2/c9-3-4(10)6(12)8(7(13)5(3)11)14(1-15)2-16. The van der Waals surface area contributed by atoms with E-state index in [0.717, 1.165) is 0 Å². The van der Waals surface area contributed by atoms with E-state index in [0.29, 0.717) is 0 Å². The van der Waals surface area contributed by atoms with Gasteiger partial charge in [0.2, 0.25) is 0 Å². The molecule has 0 unspecified atom stereocenters. The zero-order valence-electron chi connectivity index (χ0n) is 7.16. The first kappa shape index (κ1) is 12.6. The number of nitrogens with zero attached hydrogens (tertiary/aromatic N) is 2. The summed E-state index contributed by atoms with van der Waals surface area (Å²) in [5.74, 6) is -10.8. The van der Waals surface area contributed by atoms with Gasteiger partial charge >= 0.3 is 93.1 Å². The molecule has 0 saturated carbocycles. The van der Waals surface area contributed by atoms with Gasteiger partial charge in [-0.15, -0.1) is 0 Å². The van der Waals surface area contributed by atoms with E-state index in [2.05, 4.69) is 0 Å². The molecule has 0 heterocycles. The summed E-state index contributed by atoms with van der Waals surface area (Å²) >= 11 is -3.68. The molecule has 0 bridgehead atoms. The normalized spacial score (nSPS) is 10.6.